The Morgan fingerprint density at radius 3 is 2.69 bits per heavy atom. The van der Waals surface area contributed by atoms with E-state index in [0.29, 0.717) is 12.1 Å². The first kappa shape index (κ1) is 12.3. The second-order valence-corrected chi connectivity index (χ2v) is 3.60. The van der Waals surface area contributed by atoms with Crippen LogP contribution in [0.15, 0.2) is 23.0 Å². The predicted molar refractivity (Wildman–Crippen MR) is 57.1 cm³/mol. The van der Waals surface area contributed by atoms with Crippen molar-refractivity contribution < 1.29 is 19.1 Å². The van der Waals surface area contributed by atoms with Gasteiger partial charge in [-0.2, -0.15) is 0 Å². The summed E-state index contributed by atoms with van der Waals surface area (Å²) < 4.78 is 4.82. The molecule has 0 saturated heterocycles. The first-order valence-corrected chi connectivity index (χ1v) is 5.10. The summed E-state index contributed by atoms with van der Waals surface area (Å²) in [7, 11) is 0. The molecule has 1 atom stereocenters. The van der Waals surface area contributed by atoms with Crippen LogP contribution in [0, 0.1) is 5.92 Å². The Balaban J connectivity index is 2.68. The summed E-state index contributed by atoms with van der Waals surface area (Å²) in [4.78, 5) is 24.1. The molecule has 0 radical (unpaired) electrons. The maximum absolute atomic E-state index is 11.9. The summed E-state index contributed by atoms with van der Waals surface area (Å²) >= 11 is 0. The van der Waals surface area contributed by atoms with Crippen LogP contribution in [0.2, 0.25) is 0 Å². The molecule has 0 aliphatic heterocycles. The number of carboxylic acid groups (broad SMARTS) is 1. The molecule has 5 nitrogen and oxygen atoms in total. The Hall–Kier alpha value is -1.78. The van der Waals surface area contributed by atoms with Gasteiger partial charge in [-0.25, -0.2) is 0 Å². The molecule has 0 aromatic carbocycles. The van der Waals surface area contributed by atoms with E-state index in [-0.39, 0.29) is 12.5 Å². The molecule has 1 N–H and O–H groups in total. The molecule has 0 spiro atoms. The van der Waals surface area contributed by atoms with Crippen LogP contribution in [-0.4, -0.2) is 35.0 Å². The van der Waals surface area contributed by atoms with Gasteiger partial charge in [0, 0.05) is 13.1 Å². The Morgan fingerprint density at radius 1 is 1.56 bits per heavy atom. The van der Waals surface area contributed by atoms with Crippen molar-refractivity contribution in [1.82, 2.24) is 4.90 Å². The Morgan fingerprint density at radius 2 is 2.25 bits per heavy atom. The highest BCUT2D eigenvalue weighted by Crippen LogP contribution is 2.08. The zero-order valence-electron chi connectivity index (χ0n) is 9.34. The fourth-order valence-corrected chi connectivity index (χ4v) is 1.33. The van der Waals surface area contributed by atoms with E-state index in [1.54, 1.807) is 13.0 Å². The largest absolute Gasteiger partial charge is 0.481 e. The monoisotopic (exact) mass is 225 g/mol. The minimum Gasteiger partial charge on any atom is -0.481 e. The first-order valence-electron chi connectivity index (χ1n) is 5.10. The van der Waals surface area contributed by atoms with Crippen molar-refractivity contribution in [2.75, 3.05) is 13.1 Å². The van der Waals surface area contributed by atoms with Crippen LogP contribution in [0.3, 0.4) is 0 Å². The Bertz CT molecular complexity index is 358. The number of hydrogen-bond acceptors (Lipinski definition) is 3. The highest BCUT2D eigenvalue weighted by Gasteiger charge is 2.20. The zero-order chi connectivity index (χ0) is 12.1. The fraction of sp³-hybridized carbons (Fsp3) is 0.455. The lowest BCUT2D eigenvalue weighted by Crippen LogP contribution is -2.36. The van der Waals surface area contributed by atoms with Crippen molar-refractivity contribution in [3.63, 3.8) is 0 Å². The summed E-state index contributed by atoms with van der Waals surface area (Å²) in [6.07, 6.45) is 2.78. The van der Waals surface area contributed by atoms with E-state index in [9.17, 15) is 9.59 Å². The minimum atomic E-state index is -0.904. The van der Waals surface area contributed by atoms with E-state index in [2.05, 4.69) is 0 Å². The predicted octanol–water partition coefficient (Wildman–Crippen LogP) is 1.46. The van der Waals surface area contributed by atoms with Crippen LogP contribution in [-0.2, 0) is 4.79 Å². The standard InChI is InChI=1S/C11H15NO4/c1-3-12(6-8(2)11(14)15)10(13)9-4-5-16-7-9/h4-5,7-8H,3,6H2,1-2H3,(H,14,15). The summed E-state index contributed by atoms with van der Waals surface area (Å²) in [6, 6.07) is 1.57. The van der Waals surface area contributed by atoms with Gasteiger partial charge in [-0.05, 0) is 13.0 Å². The maximum Gasteiger partial charge on any atom is 0.308 e. The lowest BCUT2D eigenvalue weighted by atomic mass is 10.1. The molecule has 0 saturated carbocycles. The zero-order valence-corrected chi connectivity index (χ0v) is 9.34. The summed E-state index contributed by atoms with van der Waals surface area (Å²) in [5.41, 5.74) is 0.444. The van der Waals surface area contributed by atoms with Crippen molar-refractivity contribution in [1.29, 1.82) is 0 Å². The normalized spacial score (nSPS) is 12.1. The van der Waals surface area contributed by atoms with E-state index in [1.165, 1.54) is 17.4 Å². The van der Waals surface area contributed by atoms with Crippen molar-refractivity contribution in [2.45, 2.75) is 13.8 Å². The number of rotatable bonds is 5. The van der Waals surface area contributed by atoms with Crippen LogP contribution in [0.5, 0.6) is 0 Å². The lowest BCUT2D eigenvalue weighted by molar-refractivity contribution is -0.141. The number of furan rings is 1. The number of carboxylic acids is 1. The number of aliphatic carboxylic acids is 1. The van der Waals surface area contributed by atoms with Crippen LogP contribution in [0.1, 0.15) is 24.2 Å². The van der Waals surface area contributed by atoms with E-state index >= 15 is 0 Å². The molecule has 88 valence electrons. The van der Waals surface area contributed by atoms with Crippen LogP contribution in [0.25, 0.3) is 0 Å². The van der Waals surface area contributed by atoms with Crippen LogP contribution in [0.4, 0.5) is 0 Å². The molecule has 16 heavy (non-hydrogen) atoms. The molecule has 5 heteroatoms. The van der Waals surface area contributed by atoms with Crippen LogP contribution < -0.4 is 0 Å². The van der Waals surface area contributed by atoms with Crippen molar-refractivity contribution in [3.8, 4) is 0 Å². The molecule has 1 aromatic heterocycles. The first-order chi connectivity index (χ1) is 7.56. The van der Waals surface area contributed by atoms with Gasteiger partial charge in [-0.1, -0.05) is 6.92 Å². The van der Waals surface area contributed by atoms with E-state index in [0.717, 1.165) is 0 Å². The summed E-state index contributed by atoms with van der Waals surface area (Å²) in [5, 5.41) is 8.78. The average Bonchev–Trinajstić information content (AvgIpc) is 2.77. The highest BCUT2D eigenvalue weighted by molar-refractivity contribution is 5.94. The molecule has 1 unspecified atom stereocenters. The van der Waals surface area contributed by atoms with Crippen molar-refractivity contribution in [3.05, 3.63) is 24.2 Å². The number of amides is 1. The Kier molecular flexibility index (Phi) is 4.10. The maximum atomic E-state index is 11.9. The highest BCUT2D eigenvalue weighted by atomic mass is 16.4. The second-order valence-electron chi connectivity index (χ2n) is 3.60. The average molecular weight is 225 g/mol. The molecular weight excluding hydrogens is 210 g/mol. The third kappa shape index (κ3) is 2.85. The third-order valence-corrected chi connectivity index (χ3v) is 2.35. The molecule has 0 bridgehead atoms. The van der Waals surface area contributed by atoms with Gasteiger partial charge >= 0.3 is 5.97 Å². The molecule has 1 aromatic rings. The minimum absolute atomic E-state index is 0.204. The number of nitrogens with zero attached hydrogens (tertiary/aromatic N) is 1. The Labute approximate surface area is 93.7 Å². The van der Waals surface area contributed by atoms with Gasteiger partial charge in [0.1, 0.15) is 6.26 Å². The number of carbonyl (C=O) groups excluding carboxylic acids is 1. The summed E-state index contributed by atoms with van der Waals surface area (Å²) in [5.74, 6) is -1.68. The number of hydrogen-bond donors (Lipinski definition) is 1. The van der Waals surface area contributed by atoms with Gasteiger partial charge in [0.15, 0.2) is 0 Å². The van der Waals surface area contributed by atoms with E-state index < -0.39 is 11.9 Å². The van der Waals surface area contributed by atoms with Crippen molar-refractivity contribution >= 4 is 11.9 Å². The topological polar surface area (TPSA) is 70.8 Å². The third-order valence-electron chi connectivity index (χ3n) is 2.35. The van der Waals surface area contributed by atoms with Gasteiger partial charge < -0.3 is 14.4 Å². The summed E-state index contributed by atoms with van der Waals surface area (Å²) in [6.45, 7) is 4.07. The van der Waals surface area contributed by atoms with E-state index in [4.69, 9.17) is 9.52 Å². The van der Waals surface area contributed by atoms with Crippen LogP contribution >= 0.6 is 0 Å². The van der Waals surface area contributed by atoms with Gasteiger partial charge in [0.05, 0.1) is 17.7 Å². The van der Waals surface area contributed by atoms with Crippen molar-refractivity contribution in [2.24, 2.45) is 5.92 Å². The fourth-order valence-electron chi connectivity index (χ4n) is 1.33. The molecule has 0 fully saturated rings. The molecular formula is C11H15NO4. The number of carbonyl (C=O) groups is 2. The molecule has 1 amide bonds. The lowest BCUT2D eigenvalue weighted by Gasteiger charge is -2.22. The van der Waals surface area contributed by atoms with E-state index in [1.807, 2.05) is 6.92 Å². The molecule has 1 heterocycles. The molecule has 0 aliphatic carbocycles. The SMILES string of the molecule is CCN(CC(C)C(=O)O)C(=O)c1ccoc1. The van der Waals surface area contributed by atoms with Gasteiger partial charge in [-0.3, -0.25) is 9.59 Å². The molecule has 0 aliphatic rings. The van der Waals surface area contributed by atoms with Gasteiger partial charge in [0.25, 0.3) is 5.91 Å². The van der Waals surface area contributed by atoms with Gasteiger partial charge in [0.2, 0.25) is 0 Å². The van der Waals surface area contributed by atoms with Gasteiger partial charge in [-0.15, -0.1) is 0 Å². The second kappa shape index (κ2) is 5.34. The quantitative estimate of drug-likeness (QED) is 0.823. The molecule has 1 rings (SSSR count). The smallest absolute Gasteiger partial charge is 0.308 e.